The van der Waals surface area contributed by atoms with Gasteiger partial charge in [-0.15, -0.1) is 0 Å². The van der Waals surface area contributed by atoms with Crippen molar-refractivity contribution in [3.63, 3.8) is 0 Å². The van der Waals surface area contributed by atoms with E-state index in [1.54, 1.807) is 19.1 Å². The molecule has 3 rings (SSSR count). The van der Waals surface area contributed by atoms with E-state index in [0.717, 1.165) is 15.9 Å². The van der Waals surface area contributed by atoms with Crippen LogP contribution < -0.4 is 10.2 Å². The number of anilines is 1. The minimum Gasteiger partial charge on any atom is -0.312 e. The summed E-state index contributed by atoms with van der Waals surface area (Å²) in [5.74, 6) is -3.47. The molecule has 1 N–H and O–H groups in total. The highest BCUT2D eigenvalue weighted by atomic mass is 33.1. The molecule has 0 fully saturated rings. The fourth-order valence-corrected chi connectivity index (χ4v) is 5.16. The van der Waals surface area contributed by atoms with E-state index in [2.05, 4.69) is 0 Å². The normalized spacial score (nSPS) is 19.1. The molecule has 0 aliphatic carbocycles. The Kier molecular flexibility index (Phi) is 3.95. The topological polar surface area (TPSA) is 83.6 Å². The first-order valence-electron chi connectivity index (χ1n) is 6.70. The second kappa shape index (κ2) is 5.63. The highest BCUT2D eigenvalue weighted by molar-refractivity contribution is 8.75. The van der Waals surface area contributed by atoms with E-state index >= 15 is 0 Å². The number of amides is 2. The lowest BCUT2D eigenvalue weighted by molar-refractivity contribution is -0.172. The van der Waals surface area contributed by atoms with Gasteiger partial charge in [-0.25, -0.2) is 8.42 Å². The zero-order chi connectivity index (χ0) is 18.6. The maximum atomic E-state index is 12.5. The fourth-order valence-electron chi connectivity index (χ4n) is 2.31. The SMILES string of the molecule is Cc1ccc(N2C(=O)C(NC(=O)C(F)(F)F)=C3C2=CSS3(=O)=O)cc1. The number of nitrogens with one attached hydrogen (secondary N) is 1. The minimum absolute atomic E-state index is 0.0867. The van der Waals surface area contributed by atoms with Gasteiger partial charge in [0.1, 0.15) is 10.6 Å². The molecule has 6 nitrogen and oxygen atoms in total. The van der Waals surface area contributed by atoms with Gasteiger partial charge in [0.05, 0.1) is 5.70 Å². The third-order valence-corrected chi connectivity index (χ3v) is 6.48. The predicted octanol–water partition coefficient (Wildman–Crippen LogP) is 2.15. The third kappa shape index (κ3) is 2.93. The number of hydrogen-bond donors (Lipinski definition) is 1. The van der Waals surface area contributed by atoms with Crippen LogP contribution in [-0.2, 0) is 18.5 Å². The molecule has 0 radical (unpaired) electrons. The molecule has 2 aliphatic rings. The number of hydrogen-bond acceptors (Lipinski definition) is 5. The van der Waals surface area contributed by atoms with Crippen LogP contribution in [-0.4, -0.2) is 26.4 Å². The van der Waals surface area contributed by atoms with E-state index in [9.17, 15) is 31.2 Å². The first-order chi connectivity index (χ1) is 11.5. The molecule has 11 heteroatoms. The van der Waals surface area contributed by atoms with Crippen LogP contribution in [0.15, 0.2) is 46.0 Å². The molecule has 2 amide bonds. The standard InChI is InChI=1S/C14H9F3N2O4S2/c1-7-2-4-8(5-3-7)19-9-6-24-25(22,23)11(9)10(12(19)20)18-13(21)14(15,16)17/h2-6H,1H3,(H,18,21). The number of aryl methyl sites for hydroxylation is 1. The summed E-state index contributed by atoms with van der Waals surface area (Å²) in [5.41, 5.74) is 0.153. The number of carbonyl (C=O) groups excluding carboxylic acids is 2. The van der Waals surface area contributed by atoms with Crippen LogP contribution in [0.5, 0.6) is 0 Å². The molecule has 0 spiro atoms. The van der Waals surface area contributed by atoms with Gasteiger partial charge < -0.3 is 5.32 Å². The first-order valence-corrected chi connectivity index (χ1v) is 9.58. The van der Waals surface area contributed by atoms with Gasteiger partial charge in [0, 0.05) is 21.9 Å². The van der Waals surface area contributed by atoms with Crippen LogP contribution in [0.2, 0.25) is 0 Å². The van der Waals surface area contributed by atoms with Crippen LogP contribution in [0.3, 0.4) is 0 Å². The van der Waals surface area contributed by atoms with E-state index in [1.165, 1.54) is 17.4 Å². The molecule has 132 valence electrons. The van der Waals surface area contributed by atoms with Crippen molar-refractivity contribution in [1.82, 2.24) is 5.32 Å². The second-order valence-electron chi connectivity index (χ2n) is 5.19. The first kappa shape index (κ1) is 17.5. The summed E-state index contributed by atoms with van der Waals surface area (Å²) in [6.45, 7) is 1.80. The summed E-state index contributed by atoms with van der Waals surface area (Å²) in [5, 5.41) is 2.55. The molecule has 0 saturated heterocycles. The summed E-state index contributed by atoms with van der Waals surface area (Å²) in [6, 6.07) is 6.36. The highest BCUT2D eigenvalue weighted by Gasteiger charge is 2.49. The molecule has 2 heterocycles. The summed E-state index contributed by atoms with van der Waals surface area (Å²) in [6.07, 6.45) is -5.26. The molecule has 25 heavy (non-hydrogen) atoms. The van der Waals surface area contributed by atoms with E-state index in [0.29, 0.717) is 10.8 Å². The average Bonchev–Trinajstić information content (AvgIpc) is 2.95. The van der Waals surface area contributed by atoms with Crippen LogP contribution in [0.4, 0.5) is 18.9 Å². The van der Waals surface area contributed by atoms with Crippen LogP contribution in [0.25, 0.3) is 0 Å². The van der Waals surface area contributed by atoms with Gasteiger partial charge in [0.25, 0.3) is 5.91 Å². The number of fused-ring (bicyclic) bond motifs is 1. The van der Waals surface area contributed by atoms with Crippen molar-refractivity contribution >= 4 is 37.2 Å². The summed E-state index contributed by atoms with van der Waals surface area (Å²) < 4.78 is 61.7. The Balaban J connectivity index is 2.08. The highest BCUT2D eigenvalue weighted by Crippen LogP contribution is 2.46. The van der Waals surface area contributed by atoms with Crippen LogP contribution >= 0.6 is 10.8 Å². The lowest BCUT2D eigenvalue weighted by Crippen LogP contribution is -2.40. The van der Waals surface area contributed by atoms with Gasteiger partial charge in [-0.3, -0.25) is 14.5 Å². The van der Waals surface area contributed by atoms with Crippen molar-refractivity contribution in [2.45, 2.75) is 13.1 Å². The lowest BCUT2D eigenvalue weighted by Gasteiger charge is -2.18. The lowest BCUT2D eigenvalue weighted by atomic mass is 10.2. The van der Waals surface area contributed by atoms with E-state index in [1.807, 2.05) is 0 Å². The molecule has 0 atom stereocenters. The van der Waals surface area contributed by atoms with E-state index in [-0.39, 0.29) is 11.4 Å². The summed E-state index contributed by atoms with van der Waals surface area (Å²) in [7, 11) is -3.73. The Hall–Kier alpha value is -2.27. The Morgan fingerprint density at radius 1 is 1.20 bits per heavy atom. The zero-order valence-corrected chi connectivity index (χ0v) is 14.1. The average molecular weight is 390 g/mol. The van der Waals surface area contributed by atoms with E-state index in [4.69, 9.17) is 0 Å². The Bertz CT molecular complexity index is 947. The molecular weight excluding hydrogens is 381 g/mol. The van der Waals surface area contributed by atoms with Gasteiger partial charge >= 0.3 is 12.1 Å². The number of nitrogens with zero attached hydrogens (tertiary/aromatic N) is 1. The summed E-state index contributed by atoms with van der Waals surface area (Å²) >= 11 is 0. The van der Waals surface area contributed by atoms with Gasteiger partial charge in [-0.2, -0.15) is 13.2 Å². The zero-order valence-electron chi connectivity index (χ0n) is 12.4. The molecule has 2 aliphatic heterocycles. The van der Waals surface area contributed by atoms with E-state index < -0.39 is 37.5 Å². The molecule has 1 aromatic carbocycles. The quantitative estimate of drug-likeness (QED) is 0.783. The largest absolute Gasteiger partial charge is 0.471 e. The monoisotopic (exact) mass is 390 g/mol. The Morgan fingerprint density at radius 3 is 2.36 bits per heavy atom. The van der Waals surface area contributed by atoms with Gasteiger partial charge in [-0.1, -0.05) is 17.7 Å². The number of rotatable bonds is 2. The molecule has 1 aromatic rings. The number of halogens is 3. The molecule has 0 unspecified atom stereocenters. The van der Waals surface area contributed by atoms with Gasteiger partial charge in [0.15, 0.2) is 0 Å². The van der Waals surface area contributed by atoms with Crippen LogP contribution in [0.1, 0.15) is 5.56 Å². The number of alkyl halides is 3. The van der Waals surface area contributed by atoms with Gasteiger partial charge in [-0.05, 0) is 19.1 Å². The number of benzene rings is 1. The number of carbonyl (C=O) groups is 2. The maximum Gasteiger partial charge on any atom is 0.471 e. The maximum absolute atomic E-state index is 12.5. The third-order valence-electron chi connectivity index (χ3n) is 3.44. The van der Waals surface area contributed by atoms with Crippen LogP contribution in [0, 0.1) is 6.92 Å². The fraction of sp³-hybridized carbons (Fsp3) is 0.143. The van der Waals surface area contributed by atoms with Crippen molar-refractivity contribution < 1.29 is 31.2 Å². The minimum atomic E-state index is -5.26. The predicted molar refractivity (Wildman–Crippen MR) is 84.5 cm³/mol. The van der Waals surface area contributed by atoms with Crippen molar-refractivity contribution in [3.8, 4) is 0 Å². The van der Waals surface area contributed by atoms with Crippen molar-refractivity contribution in [2.24, 2.45) is 0 Å². The molecular formula is C14H9F3N2O4S2. The van der Waals surface area contributed by atoms with Crippen molar-refractivity contribution in [3.05, 3.63) is 51.5 Å². The Morgan fingerprint density at radius 2 is 1.80 bits per heavy atom. The smallest absolute Gasteiger partial charge is 0.312 e. The second-order valence-corrected chi connectivity index (χ2v) is 8.82. The molecule has 0 bridgehead atoms. The van der Waals surface area contributed by atoms with Crippen molar-refractivity contribution in [2.75, 3.05) is 4.90 Å². The molecule has 0 saturated carbocycles. The summed E-state index contributed by atoms with van der Waals surface area (Å²) in [4.78, 5) is 24.0. The Labute approximate surface area is 143 Å². The van der Waals surface area contributed by atoms with Gasteiger partial charge in [0.2, 0.25) is 8.87 Å². The molecule has 0 aromatic heterocycles. The van der Waals surface area contributed by atoms with Crippen molar-refractivity contribution in [1.29, 1.82) is 0 Å².